The summed E-state index contributed by atoms with van der Waals surface area (Å²) in [6.07, 6.45) is 2.52. The molecule has 29 heavy (non-hydrogen) atoms. The predicted molar refractivity (Wildman–Crippen MR) is 122 cm³/mol. The highest BCUT2D eigenvalue weighted by Gasteiger charge is 2.20. The molecule has 0 aromatic heterocycles. The van der Waals surface area contributed by atoms with Crippen molar-refractivity contribution in [3.8, 4) is 0 Å². The van der Waals surface area contributed by atoms with Crippen LogP contribution in [0.2, 0.25) is 0 Å². The highest BCUT2D eigenvalue weighted by atomic mass is 35.5. The average Bonchev–Trinajstić information content (AvgIpc) is 3.46. The summed E-state index contributed by atoms with van der Waals surface area (Å²) in [5, 5.41) is 6.08. The van der Waals surface area contributed by atoms with E-state index in [2.05, 4.69) is 10.6 Å². The van der Waals surface area contributed by atoms with Gasteiger partial charge in [0.2, 0.25) is 11.8 Å². The summed E-state index contributed by atoms with van der Waals surface area (Å²) in [7, 11) is 0. The molecule has 0 atom stereocenters. The lowest BCUT2D eigenvalue weighted by molar-refractivity contribution is -0.117. The van der Waals surface area contributed by atoms with E-state index in [0.717, 1.165) is 23.7 Å². The lowest BCUT2D eigenvalue weighted by Crippen LogP contribution is -2.33. The SMILES string of the molecule is Cl.Cl.NC(=O)CN(Cc1ccccc1)c1cccc(NC(=O)CNCC2CC2)c1. The van der Waals surface area contributed by atoms with Crippen molar-refractivity contribution < 1.29 is 9.59 Å². The first-order valence-corrected chi connectivity index (χ1v) is 9.28. The van der Waals surface area contributed by atoms with Crippen LogP contribution in [-0.2, 0) is 16.1 Å². The number of nitrogens with two attached hydrogens (primary N) is 1. The largest absolute Gasteiger partial charge is 0.368 e. The third-order valence-corrected chi connectivity index (χ3v) is 4.47. The number of amides is 2. The zero-order valence-corrected chi connectivity index (χ0v) is 17.8. The van der Waals surface area contributed by atoms with Crippen LogP contribution in [0, 0.1) is 5.92 Å². The second-order valence-electron chi connectivity index (χ2n) is 6.98. The number of carbonyl (C=O) groups is 2. The van der Waals surface area contributed by atoms with E-state index in [4.69, 9.17) is 5.73 Å². The Balaban J connectivity index is 0.00000210. The Morgan fingerprint density at radius 2 is 1.76 bits per heavy atom. The Bertz CT molecular complexity index is 785. The Labute approximate surface area is 184 Å². The van der Waals surface area contributed by atoms with Gasteiger partial charge in [0, 0.05) is 17.9 Å². The smallest absolute Gasteiger partial charge is 0.238 e. The highest BCUT2D eigenvalue weighted by Crippen LogP contribution is 2.27. The van der Waals surface area contributed by atoms with E-state index in [1.54, 1.807) is 0 Å². The molecule has 0 heterocycles. The van der Waals surface area contributed by atoms with Gasteiger partial charge in [-0.2, -0.15) is 0 Å². The number of nitrogens with zero attached hydrogens (tertiary/aromatic N) is 1. The van der Waals surface area contributed by atoms with Gasteiger partial charge in [-0.05, 0) is 49.1 Å². The highest BCUT2D eigenvalue weighted by molar-refractivity contribution is 5.92. The van der Waals surface area contributed by atoms with Gasteiger partial charge in [-0.25, -0.2) is 0 Å². The molecule has 2 amide bonds. The molecule has 0 aliphatic heterocycles. The van der Waals surface area contributed by atoms with Crippen LogP contribution < -0.4 is 21.3 Å². The Morgan fingerprint density at radius 1 is 1.03 bits per heavy atom. The molecule has 1 aliphatic carbocycles. The maximum Gasteiger partial charge on any atom is 0.238 e. The second-order valence-corrected chi connectivity index (χ2v) is 6.98. The molecular weight excluding hydrogens is 411 g/mol. The first-order chi connectivity index (χ1) is 13.1. The van der Waals surface area contributed by atoms with Crippen molar-refractivity contribution in [1.82, 2.24) is 5.32 Å². The lowest BCUT2D eigenvalue weighted by Gasteiger charge is -2.24. The molecule has 158 valence electrons. The fourth-order valence-corrected chi connectivity index (χ4v) is 2.93. The van der Waals surface area contributed by atoms with Crippen LogP contribution >= 0.6 is 24.8 Å². The number of primary amides is 1. The summed E-state index contributed by atoms with van der Waals surface area (Å²) in [6.45, 7) is 1.87. The minimum Gasteiger partial charge on any atom is -0.368 e. The predicted octanol–water partition coefficient (Wildman–Crippen LogP) is 2.96. The monoisotopic (exact) mass is 438 g/mol. The number of hydrogen-bond acceptors (Lipinski definition) is 4. The van der Waals surface area contributed by atoms with Gasteiger partial charge in [-0.1, -0.05) is 36.4 Å². The second kappa shape index (κ2) is 12.3. The third kappa shape index (κ3) is 8.73. The molecular formula is C21H28Cl2N4O2. The van der Waals surface area contributed by atoms with Gasteiger partial charge in [-0.15, -0.1) is 24.8 Å². The summed E-state index contributed by atoms with van der Waals surface area (Å²) in [6, 6.07) is 17.4. The van der Waals surface area contributed by atoms with E-state index in [1.165, 1.54) is 12.8 Å². The topological polar surface area (TPSA) is 87.5 Å². The molecule has 2 aromatic carbocycles. The van der Waals surface area contributed by atoms with Gasteiger partial charge >= 0.3 is 0 Å². The van der Waals surface area contributed by atoms with Crippen LogP contribution in [-0.4, -0.2) is 31.4 Å². The van der Waals surface area contributed by atoms with Gasteiger partial charge in [-0.3, -0.25) is 9.59 Å². The molecule has 0 bridgehead atoms. The van der Waals surface area contributed by atoms with Crippen LogP contribution in [0.25, 0.3) is 0 Å². The van der Waals surface area contributed by atoms with Crippen molar-refractivity contribution >= 4 is 48.0 Å². The van der Waals surface area contributed by atoms with Gasteiger partial charge in [0.1, 0.15) is 0 Å². The van der Waals surface area contributed by atoms with Gasteiger partial charge < -0.3 is 21.3 Å². The van der Waals surface area contributed by atoms with Crippen molar-refractivity contribution in [2.75, 3.05) is 29.9 Å². The number of hydrogen-bond donors (Lipinski definition) is 3. The molecule has 0 radical (unpaired) electrons. The molecule has 6 nitrogen and oxygen atoms in total. The minimum atomic E-state index is -0.398. The first-order valence-electron chi connectivity index (χ1n) is 9.28. The maximum absolute atomic E-state index is 12.1. The first kappa shape index (κ1) is 24.8. The molecule has 0 unspecified atom stereocenters. The van der Waals surface area contributed by atoms with Gasteiger partial charge in [0.15, 0.2) is 0 Å². The van der Waals surface area contributed by atoms with Crippen LogP contribution in [0.1, 0.15) is 18.4 Å². The zero-order chi connectivity index (χ0) is 19.1. The van der Waals surface area contributed by atoms with Crippen molar-refractivity contribution in [2.45, 2.75) is 19.4 Å². The Kier molecular flexibility index (Phi) is 10.5. The number of carbonyl (C=O) groups excluding carboxylic acids is 2. The molecule has 0 saturated heterocycles. The van der Waals surface area contributed by atoms with Crippen LogP contribution in [0.3, 0.4) is 0 Å². The van der Waals surface area contributed by atoms with Crippen LogP contribution in [0.5, 0.6) is 0 Å². The molecule has 1 saturated carbocycles. The standard InChI is InChI=1S/C21H26N4O2.2ClH/c22-20(26)15-25(14-17-5-2-1-3-6-17)19-8-4-7-18(11-19)24-21(27)13-23-12-16-9-10-16;;/h1-8,11,16,23H,9-10,12-15H2,(H2,22,26)(H,24,27);2*1H. The summed E-state index contributed by atoms with van der Waals surface area (Å²) >= 11 is 0. The fourth-order valence-electron chi connectivity index (χ4n) is 2.93. The van der Waals surface area contributed by atoms with Crippen molar-refractivity contribution in [2.24, 2.45) is 11.7 Å². The number of nitrogens with one attached hydrogen (secondary N) is 2. The molecule has 1 aliphatic rings. The molecule has 0 spiro atoms. The summed E-state index contributed by atoms with van der Waals surface area (Å²) in [4.78, 5) is 25.5. The van der Waals surface area contributed by atoms with E-state index >= 15 is 0 Å². The van der Waals surface area contributed by atoms with Crippen LogP contribution in [0.4, 0.5) is 11.4 Å². The molecule has 2 aromatic rings. The Morgan fingerprint density at radius 3 is 2.41 bits per heavy atom. The minimum absolute atomic E-state index is 0. The van der Waals surface area contributed by atoms with E-state index < -0.39 is 5.91 Å². The van der Waals surface area contributed by atoms with Crippen molar-refractivity contribution in [3.05, 3.63) is 60.2 Å². The van der Waals surface area contributed by atoms with Crippen molar-refractivity contribution in [3.63, 3.8) is 0 Å². The number of halogens is 2. The zero-order valence-electron chi connectivity index (χ0n) is 16.2. The molecule has 4 N–H and O–H groups in total. The van der Waals surface area contributed by atoms with E-state index in [0.29, 0.717) is 18.8 Å². The van der Waals surface area contributed by atoms with Crippen LogP contribution in [0.15, 0.2) is 54.6 Å². The fraction of sp³-hybridized carbons (Fsp3) is 0.333. The molecule has 8 heteroatoms. The Hall–Kier alpha value is -2.28. The average molecular weight is 439 g/mol. The number of rotatable bonds is 10. The normalized spacial score (nSPS) is 12.3. The van der Waals surface area contributed by atoms with E-state index in [-0.39, 0.29) is 37.3 Å². The number of benzene rings is 2. The maximum atomic E-state index is 12.1. The molecule has 1 fully saturated rings. The summed E-state index contributed by atoms with van der Waals surface area (Å²) in [5.41, 5.74) is 8.05. The quantitative estimate of drug-likeness (QED) is 0.531. The third-order valence-electron chi connectivity index (χ3n) is 4.47. The van der Waals surface area contributed by atoms with Gasteiger partial charge in [0.05, 0.1) is 13.1 Å². The summed E-state index contributed by atoms with van der Waals surface area (Å²) in [5.74, 6) is 0.267. The van der Waals surface area contributed by atoms with E-state index in [9.17, 15) is 9.59 Å². The van der Waals surface area contributed by atoms with Crippen molar-refractivity contribution in [1.29, 1.82) is 0 Å². The number of anilines is 2. The summed E-state index contributed by atoms with van der Waals surface area (Å²) < 4.78 is 0. The molecule has 3 rings (SSSR count). The lowest BCUT2D eigenvalue weighted by atomic mass is 10.2. The van der Waals surface area contributed by atoms with E-state index in [1.807, 2.05) is 59.5 Å². The van der Waals surface area contributed by atoms with Gasteiger partial charge in [0.25, 0.3) is 0 Å².